The molecule has 0 aromatic heterocycles. The Morgan fingerprint density at radius 3 is 3.08 bits per heavy atom. The molecule has 0 radical (unpaired) electrons. The van der Waals surface area contributed by atoms with Gasteiger partial charge >= 0.3 is 0 Å². The number of aliphatic hydroxyl groups excluding tert-OH is 1. The van der Waals surface area contributed by atoms with Crippen molar-refractivity contribution in [3.05, 3.63) is 0 Å². The smallest absolute Gasteiger partial charge is 0.0669 e. The lowest BCUT2D eigenvalue weighted by Gasteiger charge is -2.29. The van der Waals surface area contributed by atoms with Crippen LogP contribution in [0.5, 0.6) is 0 Å². The van der Waals surface area contributed by atoms with Gasteiger partial charge in [0, 0.05) is 13.1 Å². The highest BCUT2D eigenvalue weighted by Crippen LogP contribution is 2.15. The molecule has 3 nitrogen and oxygen atoms in total. The maximum absolute atomic E-state index is 9.11. The molecule has 0 aromatic carbocycles. The summed E-state index contributed by atoms with van der Waals surface area (Å²) in [6.45, 7) is 4.72. The number of aliphatic hydroxyl groups is 1. The Kier molecular flexibility index (Phi) is 4.20. The fourth-order valence-electron chi connectivity index (χ4n) is 1.73. The van der Waals surface area contributed by atoms with Crippen molar-refractivity contribution in [3.63, 3.8) is 0 Å². The summed E-state index contributed by atoms with van der Waals surface area (Å²) < 4.78 is 0. The SMILES string of the molecule is CC(O)CCN1CCCC(C#N)C1. The normalized spacial score (nSPS) is 26.7. The topological polar surface area (TPSA) is 47.3 Å². The first-order valence-corrected chi connectivity index (χ1v) is 5.02. The van der Waals surface area contributed by atoms with Gasteiger partial charge in [0.05, 0.1) is 18.1 Å². The van der Waals surface area contributed by atoms with E-state index in [9.17, 15) is 0 Å². The Morgan fingerprint density at radius 1 is 1.69 bits per heavy atom. The van der Waals surface area contributed by atoms with Gasteiger partial charge in [-0.15, -0.1) is 0 Å². The van der Waals surface area contributed by atoms with E-state index in [1.165, 1.54) is 0 Å². The van der Waals surface area contributed by atoms with Gasteiger partial charge in [-0.1, -0.05) is 0 Å². The lowest BCUT2D eigenvalue weighted by molar-refractivity contribution is 0.137. The number of hydrogen-bond acceptors (Lipinski definition) is 3. The number of likely N-dealkylation sites (tertiary alicyclic amines) is 1. The average molecular weight is 182 g/mol. The average Bonchev–Trinajstić information content (AvgIpc) is 2.15. The summed E-state index contributed by atoms with van der Waals surface area (Å²) in [5, 5.41) is 17.9. The van der Waals surface area contributed by atoms with Crippen molar-refractivity contribution in [2.75, 3.05) is 19.6 Å². The highest BCUT2D eigenvalue weighted by atomic mass is 16.3. The molecule has 2 unspecified atom stereocenters. The third-order valence-electron chi connectivity index (χ3n) is 2.55. The van der Waals surface area contributed by atoms with Crippen LogP contribution in [0.4, 0.5) is 0 Å². The van der Waals surface area contributed by atoms with Gasteiger partial charge in [0.1, 0.15) is 0 Å². The zero-order valence-electron chi connectivity index (χ0n) is 8.24. The summed E-state index contributed by atoms with van der Waals surface area (Å²) in [5.74, 6) is 0.211. The van der Waals surface area contributed by atoms with Crippen molar-refractivity contribution in [1.29, 1.82) is 5.26 Å². The maximum Gasteiger partial charge on any atom is 0.0669 e. The summed E-state index contributed by atoms with van der Waals surface area (Å²) in [6.07, 6.45) is 2.76. The first-order chi connectivity index (χ1) is 6.22. The molecule has 74 valence electrons. The Morgan fingerprint density at radius 2 is 2.46 bits per heavy atom. The molecule has 1 fully saturated rings. The lowest BCUT2D eigenvalue weighted by atomic mass is 9.99. The van der Waals surface area contributed by atoms with E-state index < -0.39 is 0 Å². The minimum atomic E-state index is -0.220. The molecule has 1 heterocycles. The monoisotopic (exact) mass is 182 g/mol. The standard InChI is InChI=1S/C10H18N2O/c1-9(13)4-6-12-5-2-3-10(7-11)8-12/h9-10,13H,2-6,8H2,1H3. The molecule has 0 saturated carbocycles. The predicted molar refractivity (Wildman–Crippen MR) is 51.1 cm³/mol. The number of nitriles is 1. The molecule has 1 N–H and O–H groups in total. The number of hydrogen-bond donors (Lipinski definition) is 1. The summed E-state index contributed by atoms with van der Waals surface area (Å²) in [7, 11) is 0. The van der Waals surface area contributed by atoms with Gasteiger partial charge in [0.2, 0.25) is 0 Å². The van der Waals surface area contributed by atoms with E-state index >= 15 is 0 Å². The molecular formula is C10H18N2O. The van der Waals surface area contributed by atoms with Crippen LogP contribution in [0.15, 0.2) is 0 Å². The van der Waals surface area contributed by atoms with E-state index in [0.29, 0.717) is 0 Å². The van der Waals surface area contributed by atoms with Crippen molar-refractivity contribution in [2.24, 2.45) is 5.92 Å². The van der Waals surface area contributed by atoms with Gasteiger partial charge in [0.25, 0.3) is 0 Å². The minimum absolute atomic E-state index is 0.211. The van der Waals surface area contributed by atoms with Crippen LogP contribution in [0.1, 0.15) is 26.2 Å². The van der Waals surface area contributed by atoms with Gasteiger partial charge in [-0.3, -0.25) is 0 Å². The molecule has 2 atom stereocenters. The van der Waals surface area contributed by atoms with E-state index in [1.807, 2.05) is 6.92 Å². The first kappa shape index (κ1) is 10.5. The number of nitrogens with zero attached hydrogens (tertiary/aromatic N) is 2. The number of rotatable bonds is 3. The zero-order chi connectivity index (χ0) is 9.68. The molecule has 13 heavy (non-hydrogen) atoms. The third-order valence-corrected chi connectivity index (χ3v) is 2.55. The van der Waals surface area contributed by atoms with Crippen LogP contribution in [0.25, 0.3) is 0 Å². The largest absolute Gasteiger partial charge is 0.393 e. The Balaban J connectivity index is 2.23. The molecular weight excluding hydrogens is 164 g/mol. The third kappa shape index (κ3) is 3.75. The molecule has 0 aromatic rings. The highest BCUT2D eigenvalue weighted by Gasteiger charge is 2.18. The van der Waals surface area contributed by atoms with Crippen LogP contribution in [0, 0.1) is 17.2 Å². The molecule has 0 amide bonds. The summed E-state index contributed by atoms with van der Waals surface area (Å²) >= 11 is 0. The summed E-state index contributed by atoms with van der Waals surface area (Å²) in [5.41, 5.74) is 0. The molecule has 3 heteroatoms. The van der Waals surface area contributed by atoms with Gasteiger partial charge in [-0.25, -0.2) is 0 Å². The van der Waals surface area contributed by atoms with Crippen LogP contribution in [-0.4, -0.2) is 35.7 Å². The van der Waals surface area contributed by atoms with Gasteiger partial charge < -0.3 is 10.0 Å². The zero-order valence-corrected chi connectivity index (χ0v) is 8.24. The second-order valence-corrected chi connectivity index (χ2v) is 3.91. The van der Waals surface area contributed by atoms with E-state index in [2.05, 4.69) is 11.0 Å². The Labute approximate surface area is 80.0 Å². The molecule has 1 aliphatic rings. The van der Waals surface area contributed by atoms with E-state index in [0.717, 1.165) is 38.9 Å². The van der Waals surface area contributed by atoms with Gasteiger partial charge in [-0.2, -0.15) is 5.26 Å². The van der Waals surface area contributed by atoms with Crippen molar-refractivity contribution < 1.29 is 5.11 Å². The van der Waals surface area contributed by atoms with Crippen LogP contribution < -0.4 is 0 Å². The van der Waals surface area contributed by atoms with Gasteiger partial charge in [-0.05, 0) is 32.7 Å². The number of piperidine rings is 1. The van der Waals surface area contributed by atoms with Crippen LogP contribution in [0.3, 0.4) is 0 Å². The van der Waals surface area contributed by atoms with Crippen LogP contribution in [0.2, 0.25) is 0 Å². The molecule has 0 spiro atoms. The molecule has 0 aliphatic carbocycles. The van der Waals surface area contributed by atoms with E-state index in [1.54, 1.807) is 0 Å². The van der Waals surface area contributed by atoms with Crippen molar-refractivity contribution >= 4 is 0 Å². The predicted octanol–water partition coefficient (Wildman–Crippen LogP) is 0.993. The van der Waals surface area contributed by atoms with Crippen LogP contribution in [-0.2, 0) is 0 Å². The van der Waals surface area contributed by atoms with Crippen molar-refractivity contribution in [1.82, 2.24) is 4.90 Å². The fourth-order valence-corrected chi connectivity index (χ4v) is 1.73. The maximum atomic E-state index is 9.11. The van der Waals surface area contributed by atoms with E-state index in [4.69, 9.17) is 10.4 Å². The summed E-state index contributed by atoms with van der Waals surface area (Å²) in [4.78, 5) is 2.28. The molecule has 1 rings (SSSR count). The quantitative estimate of drug-likeness (QED) is 0.708. The molecule has 1 aliphatic heterocycles. The Hall–Kier alpha value is -0.590. The van der Waals surface area contributed by atoms with E-state index in [-0.39, 0.29) is 12.0 Å². The minimum Gasteiger partial charge on any atom is -0.393 e. The molecule has 0 bridgehead atoms. The molecule has 1 saturated heterocycles. The van der Waals surface area contributed by atoms with Crippen molar-refractivity contribution in [2.45, 2.75) is 32.3 Å². The lowest BCUT2D eigenvalue weighted by Crippen LogP contribution is -2.36. The fraction of sp³-hybridized carbons (Fsp3) is 0.900. The first-order valence-electron chi connectivity index (χ1n) is 5.02. The Bertz CT molecular complexity index is 186. The van der Waals surface area contributed by atoms with Crippen molar-refractivity contribution in [3.8, 4) is 6.07 Å². The summed E-state index contributed by atoms with van der Waals surface area (Å²) in [6, 6.07) is 2.32. The second kappa shape index (κ2) is 5.21. The second-order valence-electron chi connectivity index (χ2n) is 3.91. The highest BCUT2D eigenvalue weighted by molar-refractivity contribution is 4.88. The van der Waals surface area contributed by atoms with Crippen LogP contribution >= 0.6 is 0 Å². The van der Waals surface area contributed by atoms with Gasteiger partial charge in [0.15, 0.2) is 0 Å².